The number of aryl methyl sites for hydroxylation is 1. The molecular weight excluding hydrogens is 208 g/mol. The summed E-state index contributed by atoms with van der Waals surface area (Å²) in [5.74, 6) is 0.620. The van der Waals surface area contributed by atoms with Crippen LogP contribution < -0.4 is 0 Å². The number of carbonyl (C=O) groups is 1. The van der Waals surface area contributed by atoms with Gasteiger partial charge in [-0.25, -0.2) is 0 Å². The smallest absolute Gasteiger partial charge is 0.211 e. The summed E-state index contributed by atoms with van der Waals surface area (Å²) in [6.07, 6.45) is 3.40. The van der Waals surface area contributed by atoms with Crippen LogP contribution in [0.4, 0.5) is 0 Å². The van der Waals surface area contributed by atoms with Crippen molar-refractivity contribution in [2.24, 2.45) is 0 Å². The SMILES string of the molecule is O=C1c2occc2CCC1Br. The fraction of sp³-hybridized carbons (Fsp3) is 0.375. The van der Waals surface area contributed by atoms with Crippen LogP contribution in [0.2, 0.25) is 0 Å². The number of hydrogen-bond acceptors (Lipinski definition) is 2. The maximum absolute atomic E-state index is 11.3. The molecule has 1 heterocycles. The van der Waals surface area contributed by atoms with E-state index >= 15 is 0 Å². The molecule has 0 aromatic carbocycles. The van der Waals surface area contributed by atoms with Crippen molar-refractivity contribution in [3.05, 3.63) is 23.7 Å². The number of carbonyl (C=O) groups excluding carboxylic acids is 1. The maximum Gasteiger partial charge on any atom is 0.211 e. The Labute approximate surface area is 72.7 Å². The monoisotopic (exact) mass is 214 g/mol. The molecule has 58 valence electrons. The van der Waals surface area contributed by atoms with Crippen LogP contribution >= 0.6 is 15.9 Å². The van der Waals surface area contributed by atoms with Crippen molar-refractivity contribution in [1.82, 2.24) is 0 Å². The summed E-state index contributed by atoms with van der Waals surface area (Å²) in [6, 6.07) is 1.87. The van der Waals surface area contributed by atoms with Crippen molar-refractivity contribution in [3.63, 3.8) is 0 Å². The first-order valence-electron chi connectivity index (χ1n) is 3.53. The van der Waals surface area contributed by atoms with E-state index in [1.165, 1.54) is 0 Å². The second-order valence-electron chi connectivity index (χ2n) is 2.65. The summed E-state index contributed by atoms with van der Waals surface area (Å²) >= 11 is 3.30. The van der Waals surface area contributed by atoms with Gasteiger partial charge in [-0.2, -0.15) is 0 Å². The molecule has 0 saturated carbocycles. The Morgan fingerprint density at radius 2 is 2.45 bits per heavy atom. The number of Topliss-reactive ketones (excluding diaryl/α,β-unsaturated/α-hetero) is 1. The van der Waals surface area contributed by atoms with Gasteiger partial charge in [0.25, 0.3) is 0 Å². The van der Waals surface area contributed by atoms with Crippen LogP contribution in [0.25, 0.3) is 0 Å². The molecule has 1 aromatic rings. The van der Waals surface area contributed by atoms with Gasteiger partial charge < -0.3 is 4.42 Å². The lowest BCUT2D eigenvalue weighted by molar-refractivity contribution is 0.0953. The van der Waals surface area contributed by atoms with Gasteiger partial charge in [-0.15, -0.1) is 0 Å². The maximum atomic E-state index is 11.3. The van der Waals surface area contributed by atoms with Crippen molar-refractivity contribution in [2.75, 3.05) is 0 Å². The van der Waals surface area contributed by atoms with Crippen molar-refractivity contribution in [3.8, 4) is 0 Å². The number of hydrogen-bond donors (Lipinski definition) is 0. The van der Waals surface area contributed by atoms with Gasteiger partial charge in [-0.3, -0.25) is 4.79 Å². The fourth-order valence-corrected chi connectivity index (χ4v) is 1.74. The normalized spacial score (nSPS) is 23.4. The lowest BCUT2D eigenvalue weighted by Gasteiger charge is -2.13. The van der Waals surface area contributed by atoms with E-state index in [4.69, 9.17) is 4.42 Å². The third-order valence-electron chi connectivity index (χ3n) is 1.92. The fourth-order valence-electron chi connectivity index (χ4n) is 1.30. The Morgan fingerprint density at radius 1 is 1.64 bits per heavy atom. The van der Waals surface area contributed by atoms with Gasteiger partial charge in [0.1, 0.15) is 0 Å². The topological polar surface area (TPSA) is 30.2 Å². The predicted octanol–water partition coefficient (Wildman–Crippen LogP) is 2.17. The average molecular weight is 215 g/mol. The summed E-state index contributed by atoms with van der Waals surface area (Å²) in [6.45, 7) is 0. The van der Waals surface area contributed by atoms with E-state index in [1.54, 1.807) is 6.26 Å². The molecular formula is C8H7BrO2. The first-order valence-corrected chi connectivity index (χ1v) is 4.45. The van der Waals surface area contributed by atoms with E-state index < -0.39 is 0 Å². The lowest BCUT2D eigenvalue weighted by Crippen LogP contribution is -2.20. The van der Waals surface area contributed by atoms with Crippen LogP contribution in [0.3, 0.4) is 0 Å². The zero-order valence-corrected chi connectivity index (χ0v) is 7.43. The van der Waals surface area contributed by atoms with Gasteiger partial charge in [0.2, 0.25) is 5.78 Å². The number of alkyl halides is 1. The van der Waals surface area contributed by atoms with Gasteiger partial charge in [0.05, 0.1) is 11.1 Å². The molecule has 0 bridgehead atoms. The zero-order chi connectivity index (χ0) is 7.84. The first kappa shape index (κ1) is 7.10. The summed E-state index contributed by atoms with van der Waals surface area (Å²) < 4.78 is 5.06. The van der Waals surface area contributed by atoms with Crippen LogP contribution in [-0.2, 0) is 6.42 Å². The Balaban J connectivity index is 2.46. The third-order valence-corrected chi connectivity index (χ3v) is 2.80. The number of ketones is 1. The van der Waals surface area contributed by atoms with Crippen molar-refractivity contribution in [1.29, 1.82) is 0 Å². The Kier molecular flexibility index (Phi) is 1.60. The van der Waals surface area contributed by atoms with Gasteiger partial charge >= 0.3 is 0 Å². The van der Waals surface area contributed by atoms with Gasteiger partial charge in [0.15, 0.2) is 5.76 Å². The number of furan rings is 1. The molecule has 1 aliphatic rings. The molecule has 2 rings (SSSR count). The highest BCUT2D eigenvalue weighted by molar-refractivity contribution is 9.10. The molecule has 0 amide bonds. The van der Waals surface area contributed by atoms with Crippen molar-refractivity contribution >= 4 is 21.7 Å². The van der Waals surface area contributed by atoms with Gasteiger partial charge in [-0.05, 0) is 18.9 Å². The van der Waals surface area contributed by atoms with Crippen LogP contribution in [0.15, 0.2) is 16.7 Å². The molecule has 0 N–H and O–H groups in total. The molecule has 3 heteroatoms. The summed E-state index contributed by atoms with van der Waals surface area (Å²) in [4.78, 5) is 11.3. The molecule has 0 radical (unpaired) electrons. The van der Waals surface area contributed by atoms with Crippen LogP contribution in [0.5, 0.6) is 0 Å². The minimum Gasteiger partial charge on any atom is -0.461 e. The Hall–Kier alpha value is -0.570. The minimum atomic E-state index is -0.0406. The summed E-state index contributed by atoms with van der Waals surface area (Å²) in [5.41, 5.74) is 1.05. The van der Waals surface area contributed by atoms with E-state index in [0.29, 0.717) is 5.76 Å². The molecule has 0 saturated heterocycles. The number of halogens is 1. The van der Waals surface area contributed by atoms with Crippen molar-refractivity contribution < 1.29 is 9.21 Å². The van der Waals surface area contributed by atoms with Gasteiger partial charge in [0, 0.05) is 5.56 Å². The van der Waals surface area contributed by atoms with Crippen molar-refractivity contribution in [2.45, 2.75) is 17.7 Å². The predicted molar refractivity (Wildman–Crippen MR) is 44.1 cm³/mol. The van der Waals surface area contributed by atoms with E-state index in [9.17, 15) is 4.79 Å². The second-order valence-corrected chi connectivity index (χ2v) is 3.75. The highest BCUT2D eigenvalue weighted by Crippen LogP contribution is 2.25. The van der Waals surface area contributed by atoms with E-state index in [0.717, 1.165) is 18.4 Å². The molecule has 1 atom stereocenters. The molecule has 1 aliphatic carbocycles. The summed E-state index contributed by atoms with van der Waals surface area (Å²) in [7, 11) is 0. The first-order chi connectivity index (χ1) is 5.29. The molecule has 0 aliphatic heterocycles. The Morgan fingerprint density at radius 3 is 3.27 bits per heavy atom. The molecule has 11 heavy (non-hydrogen) atoms. The van der Waals surface area contributed by atoms with E-state index in [-0.39, 0.29) is 10.6 Å². The molecule has 1 aromatic heterocycles. The highest BCUT2D eigenvalue weighted by atomic mass is 79.9. The second kappa shape index (κ2) is 2.48. The zero-order valence-electron chi connectivity index (χ0n) is 5.84. The van der Waals surface area contributed by atoms with Crippen LogP contribution in [0.1, 0.15) is 22.5 Å². The van der Waals surface area contributed by atoms with Gasteiger partial charge in [-0.1, -0.05) is 15.9 Å². The Bertz CT molecular complexity index is 290. The largest absolute Gasteiger partial charge is 0.461 e. The lowest BCUT2D eigenvalue weighted by atomic mass is 9.98. The van der Waals surface area contributed by atoms with E-state index in [2.05, 4.69) is 15.9 Å². The average Bonchev–Trinajstić information content (AvgIpc) is 2.45. The van der Waals surface area contributed by atoms with Crippen LogP contribution in [0, 0.1) is 0 Å². The minimum absolute atomic E-state index is 0.0406. The van der Waals surface area contributed by atoms with E-state index in [1.807, 2.05) is 6.07 Å². The standard InChI is InChI=1S/C8H7BrO2/c9-6-2-1-5-3-4-11-8(5)7(6)10/h3-4,6H,1-2H2. The van der Waals surface area contributed by atoms with Crippen LogP contribution in [-0.4, -0.2) is 10.6 Å². The highest BCUT2D eigenvalue weighted by Gasteiger charge is 2.27. The molecule has 2 nitrogen and oxygen atoms in total. The third kappa shape index (κ3) is 1.03. The number of fused-ring (bicyclic) bond motifs is 1. The molecule has 0 fully saturated rings. The molecule has 1 unspecified atom stereocenters. The number of rotatable bonds is 0. The quantitative estimate of drug-likeness (QED) is 0.620. The summed E-state index contributed by atoms with van der Waals surface area (Å²) in [5, 5.41) is 0. The molecule has 0 spiro atoms.